The van der Waals surface area contributed by atoms with E-state index >= 15 is 0 Å². The molecule has 4 nitrogen and oxygen atoms in total. The van der Waals surface area contributed by atoms with E-state index in [0.717, 1.165) is 6.42 Å². The third-order valence-corrected chi connectivity index (χ3v) is 3.64. The molecule has 0 radical (unpaired) electrons. The zero-order chi connectivity index (χ0) is 15.1. The molecular formula is C15H24FNO3. The van der Waals surface area contributed by atoms with E-state index in [1.807, 2.05) is 6.92 Å². The molecule has 0 amide bonds. The van der Waals surface area contributed by atoms with Gasteiger partial charge in [-0.1, -0.05) is 6.92 Å². The number of methoxy groups -OCH3 is 2. The van der Waals surface area contributed by atoms with Gasteiger partial charge in [0.1, 0.15) is 5.82 Å². The fourth-order valence-electron chi connectivity index (χ4n) is 2.34. The maximum Gasteiger partial charge on any atom is 0.163 e. The van der Waals surface area contributed by atoms with Gasteiger partial charge in [-0.2, -0.15) is 0 Å². The van der Waals surface area contributed by atoms with E-state index in [4.69, 9.17) is 15.2 Å². The zero-order valence-electron chi connectivity index (χ0n) is 12.4. The Labute approximate surface area is 119 Å². The van der Waals surface area contributed by atoms with Crippen molar-refractivity contribution in [2.75, 3.05) is 27.4 Å². The highest BCUT2D eigenvalue weighted by atomic mass is 19.1. The van der Waals surface area contributed by atoms with Gasteiger partial charge in [0, 0.05) is 12.7 Å². The van der Waals surface area contributed by atoms with Gasteiger partial charge in [0.15, 0.2) is 11.5 Å². The molecule has 0 aliphatic heterocycles. The van der Waals surface area contributed by atoms with Crippen molar-refractivity contribution in [2.24, 2.45) is 11.7 Å². The highest BCUT2D eigenvalue weighted by molar-refractivity contribution is 5.44. The summed E-state index contributed by atoms with van der Waals surface area (Å²) in [4.78, 5) is 0. The molecule has 1 rings (SSSR count). The third-order valence-electron chi connectivity index (χ3n) is 3.64. The van der Waals surface area contributed by atoms with E-state index < -0.39 is 0 Å². The van der Waals surface area contributed by atoms with Gasteiger partial charge in [0.05, 0.1) is 14.2 Å². The van der Waals surface area contributed by atoms with E-state index in [9.17, 15) is 9.50 Å². The summed E-state index contributed by atoms with van der Waals surface area (Å²) in [6.07, 6.45) is 1.42. The SMILES string of the molecule is CCC(CC(CN)CO)c1cc(OC)c(OC)cc1F. The molecule has 1 aromatic carbocycles. The lowest BCUT2D eigenvalue weighted by atomic mass is 9.86. The Morgan fingerprint density at radius 3 is 2.30 bits per heavy atom. The number of hydrogen-bond acceptors (Lipinski definition) is 4. The molecule has 0 aromatic heterocycles. The van der Waals surface area contributed by atoms with Crippen molar-refractivity contribution in [3.05, 3.63) is 23.5 Å². The third kappa shape index (κ3) is 3.84. The second-order valence-corrected chi connectivity index (χ2v) is 4.85. The first-order valence-electron chi connectivity index (χ1n) is 6.83. The lowest BCUT2D eigenvalue weighted by Gasteiger charge is -2.22. The highest BCUT2D eigenvalue weighted by Crippen LogP contribution is 2.36. The number of aliphatic hydroxyl groups is 1. The Morgan fingerprint density at radius 1 is 1.25 bits per heavy atom. The highest BCUT2D eigenvalue weighted by Gasteiger charge is 2.21. The number of aliphatic hydroxyl groups excluding tert-OH is 1. The average Bonchev–Trinajstić information content (AvgIpc) is 2.48. The molecule has 0 heterocycles. The molecule has 0 aliphatic carbocycles. The van der Waals surface area contributed by atoms with Crippen LogP contribution in [0.5, 0.6) is 11.5 Å². The topological polar surface area (TPSA) is 64.7 Å². The predicted octanol–water partition coefficient (Wildman–Crippen LogP) is 2.29. The van der Waals surface area contributed by atoms with Crippen LogP contribution < -0.4 is 15.2 Å². The van der Waals surface area contributed by atoms with Crippen LogP contribution >= 0.6 is 0 Å². The molecule has 0 fully saturated rings. The summed E-state index contributed by atoms with van der Waals surface area (Å²) in [7, 11) is 3.00. The quantitative estimate of drug-likeness (QED) is 0.769. The van der Waals surface area contributed by atoms with Gasteiger partial charge < -0.3 is 20.3 Å². The van der Waals surface area contributed by atoms with Crippen LogP contribution in [0.4, 0.5) is 4.39 Å². The van der Waals surface area contributed by atoms with Gasteiger partial charge in [0.2, 0.25) is 0 Å². The minimum atomic E-state index is -0.316. The van der Waals surface area contributed by atoms with Crippen molar-refractivity contribution < 1.29 is 19.0 Å². The first kappa shape index (κ1) is 16.7. The molecule has 0 saturated carbocycles. The number of hydrogen-bond donors (Lipinski definition) is 2. The molecule has 0 saturated heterocycles. The van der Waals surface area contributed by atoms with Gasteiger partial charge in [-0.25, -0.2) is 4.39 Å². The summed E-state index contributed by atoms with van der Waals surface area (Å²) in [5, 5.41) is 9.25. The Balaban J connectivity index is 3.08. The number of nitrogens with two attached hydrogens (primary N) is 1. The fraction of sp³-hybridized carbons (Fsp3) is 0.600. The zero-order valence-corrected chi connectivity index (χ0v) is 12.4. The van der Waals surface area contributed by atoms with Gasteiger partial charge in [0.25, 0.3) is 0 Å². The summed E-state index contributed by atoms with van der Waals surface area (Å²) in [5.74, 6) is 0.544. The molecule has 3 N–H and O–H groups in total. The normalized spacial score (nSPS) is 13.9. The average molecular weight is 285 g/mol. The molecule has 20 heavy (non-hydrogen) atoms. The number of rotatable bonds is 8. The van der Waals surface area contributed by atoms with Crippen LogP contribution in [0.15, 0.2) is 12.1 Å². The van der Waals surface area contributed by atoms with Crippen LogP contribution in [0.2, 0.25) is 0 Å². The van der Waals surface area contributed by atoms with Crippen LogP contribution in [-0.4, -0.2) is 32.5 Å². The fourth-order valence-corrected chi connectivity index (χ4v) is 2.34. The number of halogens is 1. The van der Waals surface area contributed by atoms with Crippen LogP contribution in [0, 0.1) is 11.7 Å². The maximum atomic E-state index is 14.2. The second kappa shape index (κ2) is 8.07. The Bertz CT molecular complexity index is 422. The van der Waals surface area contributed by atoms with E-state index in [1.54, 1.807) is 6.07 Å². The van der Waals surface area contributed by atoms with Crippen LogP contribution in [0.25, 0.3) is 0 Å². The summed E-state index contributed by atoms with van der Waals surface area (Å²) < 4.78 is 24.5. The smallest absolute Gasteiger partial charge is 0.163 e. The van der Waals surface area contributed by atoms with Crippen LogP contribution in [0.1, 0.15) is 31.2 Å². The molecule has 114 valence electrons. The van der Waals surface area contributed by atoms with Crippen molar-refractivity contribution in [3.63, 3.8) is 0 Å². The summed E-state index contributed by atoms with van der Waals surface area (Å²) in [6.45, 7) is 2.40. The van der Waals surface area contributed by atoms with Crippen LogP contribution in [-0.2, 0) is 0 Å². The summed E-state index contributed by atoms with van der Waals surface area (Å²) in [5.41, 5.74) is 6.19. The van der Waals surface area contributed by atoms with E-state index in [0.29, 0.717) is 30.0 Å². The van der Waals surface area contributed by atoms with Crippen molar-refractivity contribution in [2.45, 2.75) is 25.7 Å². The molecule has 1 aromatic rings. The lowest BCUT2D eigenvalue weighted by molar-refractivity contribution is 0.214. The van der Waals surface area contributed by atoms with Gasteiger partial charge >= 0.3 is 0 Å². The monoisotopic (exact) mass is 285 g/mol. The van der Waals surface area contributed by atoms with Crippen LogP contribution in [0.3, 0.4) is 0 Å². The molecule has 2 atom stereocenters. The predicted molar refractivity (Wildman–Crippen MR) is 76.8 cm³/mol. The number of ether oxygens (including phenoxy) is 2. The summed E-state index contributed by atoms with van der Waals surface area (Å²) >= 11 is 0. The van der Waals surface area contributed by atoms with Crippen molar-refractivity contribution >= 4 is 0 Å². The van der Waals surface area contributed by atoms with Gasteiger partial charge in [-0.15, -0.1) is 0 Å². The van der Waals surface area contributed by atoms with Crippen molar-refractivity contribution in [1.82, 2.24) is 0 Å². The first-order chi connectivity index (χ1) is 9.60. The minimum absolute atomic E-state index is 0.00416. The first-order valence-corrected chi connectivity index (χ1v) is 6.83. The molecule has 0 bridgehead atoms. The molecule has 0 spiro atoms. The van der Waals surface area contributed by atoms with Gasteiger partial charge in [-0.3, -0.25) is 0 Å². The Morgan fingerprint density at radius 2 is 1.85 bits per heavy atom. The lowest BCUT2D eigenvalue weighted by Crippen LogP contribution is -2.21. The Kier molecular flexibility index (Phi) is 6.75. The van der Waals surface area contributed by atoms with Gasteiger partial charge in [-0.05, 0) is 42.9 Å². The molecule has 2 unspecified atom stereocenters. The van der Waals surface area contributed by atoms with Crippen molar-refractivity contribution in [1.29, 1.82) is 0 Å². The molecular weight excluding hydrogens is 261 g/mol. The van der Waals surface area contributed by atoms with E-state index in [1.165, 1.54) is 20.3 Å². The van der Waals surface area contributed by atoms with E-state index in [2.05, 4.69) is 0 Å². The van der Waals surface area contributed by atoms with Crippen molar-refractivity contribution in [3.8, 4) is 11.5 Å². The van der Waals surface area contributed by atoms with E-state index in [-0.39, 0.29) is 24.3 Å². The standard InChI is InChI=1S/C15H24FNO3/c1-4-11(5-10(8-17)9-18)12-6-14(19-2)15(20-3)7-13(12)16/h6-7,10-11,18H,4-5,8-9,17H2,1-3H3. The summed E-state index contributed by atoms with van der Waals surface area (Å²) in [6, 6.07) is 3.01. The second-order valence-electron chi connectivity index (χ2n) is 4.85. The Hall–Kier alpha value is -1.33. The maximum absolute atomic E-state index is 14.2. The molecule has 5 heteroatoms. The number of benzene rings is 1. The minimum Gasteiger partial charge on any atom is -0.493 e. The molecule has 0 aliphatic rings. The largest absolute Gasteiger partial charge is 0.493 e.